The molecule has 0 aliphatic carbocycles. The Bertz CT molecular complexity index is 967. The van der Waals surface area contributed by atoms with Crippen LogP contribution in [-0.2, 0) is 16.6 Å². The van der Waals surface area contributed by atoms with Gasteiger partial charge in [-0.2, -0.15) is 4.31 Å². The first kappa shape index (κ1) is 21.0. The Balaban J connectivity index is 1.40. The number of carbonyl (C=O) groups excluding carboxylic acids is 1. The molecular weight excluding hydrogens is 400 g/mol. The monoisotopic (exact) mass is 428 g/mol. The van der Waals surface area contributed by atoms with Gasteiger partial charge in [-0.25, -0.2) is 8.42 Å². The van der Waals surface area contributed by atoms with Crippen molar-refractivity contribution in [2.45, 2.75) is 30.7 Å². The number of amides is 1. The fraction of sp³-hybridized carbons (Fsp3) is 0.455. The van der Waals surface area contributed by atoms with Crippen molar-refractivity contribution in [1.29, 1.82) is 0 Å². The highest BCUT2D eigenvalue weighted by atomic mass is 32.2. The molecule has 8 heteroatoms. The van der Waals surface area contributed by atoms with E-state index in [1.807, 2.05) is 17.2 Å². The number of hydrogen-bond acceptors (Lipinski definition) is 5. The average Bonchev–Trinajstić information content (AvgIpc) is 2.80. The van der Waals surface area contributed by atoms with Crippen LogP contribution in [0.5, 0.6) is 0 Å². The normalized spacial score (nSPS) is 19.0. The lowest BCUT2D eigenvalue weighted by Crippen LogP contribution is -2.48. The summed E-state index contributed by atoms with van der Waals surface area (Å²) in [6.07, 6.45) is 6.48. The molecule has 1 aromatic carbocycles. The highest BCUT2D eigenvalue weighted by Crippen LogP contribution is 2.22. The van der Waals surface area contributed by atoms with E-state index in [-0.39, 0.29) is 10.8 Å². The van der Waals surface area contributed by atoms with Crippen LogP contribution in [0.1, 0.15) is 35.2 Å². The lowest BCUT2D eigenvalue weighted by Gasteiger charge is -2.34. The smallest absolute Gasteiger partial charge is 0.253 e. The second-order valence-corrected chi connectivity index (χ2v) is 9.86. The number of nitrogens with zero attached hydrogens (tertiary/aromatic N) is 4. The molecule has 0 bridgehead atoms. The predicted molar refractivity (Wildman–Crippen MR) is 114 cm³/mol. The molecule has 0 N–H and O–H groups in total. The third-order valence-electron chi connectivity index (χ3n) is 5.82. The van der Waals surface area contributed by atoms with Gasteiger partial charge in [-0.3, -0.25) is 14.7 Å². The number of piperidine rings is 1. The molecule has 160 valence electrons. The van der Waals surface area contributed by atoms with E-state index >= 15 is 0 Å². The van der Waals surface area contributed by atoms with Crippen molar-refractivity contribution in [2.24, 2.45) is 0 Å². The lowest BCUT2D eigenvalue weighted by molar-refractivity contribution is 0.0628. The molecule has 0 atom stereocenters. The number of sulfonamides is 1. The molecule has 0 unspecified atom stereocenters. The second kappa shape index (κ2) is 9.24. The summed E-state index contributed by atoms with van der Waals surface area (Å²) in [6, 6.07) is 10.5. The summed E-state index contributed by atoms with van der Waals surface area (Å²) in [5.41, 5.74) is 1.60. The van der Waals surface area contributed by atoms with Gasteiger partial charge in [0.25, 0.3) is 5.91 Å². The standard InChI is InChI=1S/C22H28N4O3S/c27-22(25-14-12-24(13-15-25)18-19-6-5-9-23-17-19)20-7-4-8-21(16-20)30(28,29)26-10-2-1-3-11-26/h4-9,16-17H,1-3,10-15,18H2. The number of hydrogen-bond donors (Lipinski definition) is 0. The molecule has 2 fully saturated rings. The number of pyridine rings is 1. The van der Waals surface area contributed by atoms with Crippen LogP contribution in [0.2, 0.25) is 0 Å². The summed E-state index contributed by atoms with van der Waals surface area (Å²) in [5.74, 6) is -0.105. The van der Waals surface area contributed by atoms with Crippen LogP contribution in [0, 0.1) is 0 Å². The van der Waals surface area contributed by atoms with Crippen LogP contribution in [0.15, 0.2) is 53.7 Å². The zero-order valence-corrected chi connectivity index (χ0v) is 17.9. The first-order valence-electron chi connectivity index (χ1n) is 10.5. The molecule has 2 aliphatic rings. The zero-order chi connectivity index (χ0) is 21.0. The van der Waals surface area contributed by atoms with Crippen LogP contribution in [-0.4, -0.2) is 72.7 Å². The summed E-state index contributed by atoms with van der Waals surface area (Å²) in [5, 5.41) is 0. The Morgan fingerprint density at radius 1 is 0.933 bits per heavy atom. The lowest BCUT2D eigenvalue weighted by atomic mass is 10.1. The number of carbonyl (C=O) groups is 1. The van der Waals surface area contributed by atoms with Crippen LogP contribution in [0.4, 0.5) is 0 Å². The Labute approximate surface area is 178 Å². The third kappa shape index (κ3) is 4.71. The van der Waals surface area contributed by atoms with Crippen LogP contribution >= 0.6 is 0 Å². The van der Waals surface area contributed by atoms with Crippen LogP contribution < -0.4 is 0 Å². The van der Waals surface area contributed by atoms with E-state index < -0.39 is 10.0 Å². The molecule has 0 radical (unpaired) electrons. The Kier molecular flexibility index (Phi) is 6.46. The number of rotatable bonds is 5. The van der Waals surface area contributed by atoms with E-state index in [0.29, 0.717) is 31.7 Å². The summed E-state index contributed by atoms with van der Waals surface area (Å²) in [6.45, 7) is 4.75. The number of benzene rings is 1. The van der Waals surface area contributed by atoms with Gasteiger partial charge in [0.2, 0.25) is 10.0 Å². The summed E-state index contributed by atoms with van der Waals surface area (Å²) < 4.78 is 27.4. The van der Waals surface area contributed by atoms with Gasteiger partial charge >= 0.3 is 0 Å². The van der Waals surface area contributed by atoms with Crippen LogP contribution in [0.25, 0.3) is 0 Å². The maximum atomic E-state index is 13.0. The largest absolute Gasteiger partial charge is 0.336 e. The fourth-order valence-corrected chi connectivity index (χ4v) is 5.65. The van der Waals surface area contributed by atoms with Gasteiger partial charge in [-0.15, -0.1) is 0 Å². The zero-order valence-electron chi connectivity index (χ0n) is 17.1. The Hall–Kier alpha value is -2.29. The van der Waals surface area contributed by atoms with E-state index in [4.69, 9.17) is 0 Å². The number of piperazine rings is 1. The van der Waals surface area contributed by atoms with Crippen molar-refractivity contribution in [3.05, 3.63) is 59.9 Å². The minimum atomic E-state index is -3.54. The quantitative estimate of drug-likeness (QED) is 0.730. The molecule has 2 aromatic rings. The molecule has 7 nitrogen and oxygen atoms in total. The Morgan fingerprint density at radius 2 is 1.70 bits per heavy atom. The van der Waals surface area contributed by atoms with E-state index in [1.54, 1.807) is 24.4 Å². The molecule has 4 rings (SSSR count). The van der Waals surface area contributed by atoms with Crippen molar-refractivity contribution < 1.29 is 13.2 Å². The first-order valence-corrected chi connectivity index (χ1v) is 12.0. The Morgan fingerprint density at radius 3 is 2.40 bits per heavy atom. The van der Waals surface area contributed by atoms with Crippen LogP contribution in [0.3, 0.4) is 0 Å². The van der Waals surface area contributed by atoms with E-state index in [0.717, 1.165) is 44.5 Å². The number of aromatic nitrogens is 1. The SMILES string of the molecule is O=C(c1cccc(S(=O)(=O)N2CCCCC2)c1)N1CCN(Cc2cccnc2)CC1. The van der Waals surface area contributed by atoms with Gasteiger partial charge in [0, 0.05) is 63.8 Å². The summed E-state index contributed by atoms with van der Waals surface area (Å²) in [4.78, 5) is 21.5. The molecule has 30 heavy (non-hydrogen) atoms. The van der Waals surface area contributed by atoms with Gasteiger partial charge in [-0.1, -0.05) is 18.6 Å². The average molecular weight is 429 g/mol. The van der Waals surface area contributed by atoms with Crippen molar-refractivity contribution in [1.82, 2.24) is 19.1 Å². The van der Waals surface area contributed by atoms with Crippen molar-refractivity contribution in [3.63, 3.8) is 0 Å². The first-order chi connectivity index (χ1) is 14.5. The van der Waals surface area contributed by atoms with Gasteiger partial charge in [-0.05, 0) is 42.7 Å². The van der Waals surface area contributed by atoms with E-state index in [2.05, 4.69) is 16.0 Å². The van der Waals surface area contributed by atoms with Crippen molar-refractivity contribution >= 4 is 15.9 Å². The van der Waals surface area contributed by atoms with Gasteiger partial charge < -0.3 is 4.90 Å². The third-order valence-corrected chi connectivity index (χ3v) is 7.72. The van der Waals surface area contributed by atoms with E-state index in [1.165, 1.54) is 10.4 Å². The van der Waals surface area contributed by atoms with Crippen molar-refractivity contribution in [3.8, 4) is 0 Å². The highest BCUT2D eigenvalue weighted by molar-refractivity contribution is 7.89. The minimum absolute atomic E-state index is 0.105. The summed E-state index contributed by atoms with van der Waals surface area (Å²) >= 11 is 0. The highest BCUT2D eigenvalue weighted by Gasteiger charge is 2.28. The van der Waals surface area contributed by atoms with E-state index in [9.17, 15) is 13.2 Å². The fourth-order valence-electron chi connectivity index (χ4n) is 4.09. The minimum Gasteiger partial charge on any atom is -0.336 e. The maximum absolute atomic E-state index is 13.0. The molecule has 2 aliphatic heterocycles. The van der Waals surface area contributed by atoms with Gasteiger partial charge in [0.15, 0.2) is 0 Å². The molecule has 0 spiro atoms. The molecule has 2 saturated heterocycles. The van der Waals surface area contributed by atoms with Gasteiger partial charge in [0.1, 0.15) is 0 Å². The predicted octanol–water partition coefficient (Wildman–Crippen LogP) is 2.21. The maximum Gasteiger partial charge on any atom is 0.253 e. The molecule has 3 heterocycles. The van der Waals surface area contributed by atoms with Gasteiger partial charge in [0.05, 0.1) is 4.90 Å². The molecule has 1 amide bonds. The van der Waals surface area contributed by atoms with Crippen molar-refractivity contribution in [2.75, 3.05) is 39.3 Å². The molecule has 1 aromatic heterocycles. The summed E-state index contributed by atoms with van der Waals surface area (Å²) in [7, 11) is -3.54. The molecular formula is C22H28N4O3S. The molecule has 0 saturated carbocycles. The second-order valence-electron chi connectivity index (χ2n) is 7.92. The topological polar surface area (TPSA) is 73.8 Å².